The second kappa shape index (κ2) is 14.7. The summed E-state index contributed by atoms with van der Waals surface area (Å²) in [5.41, 5.74) is 5.37. The third-order valence-corrected chi connectivity index (χ3v) is 4.96. The molecule has 32 heavy (non-hydrogen) atoms. The number of hydrogen-bond acceptors (Lipinski definition) is 8. The number of amides is 1. The Morgan fingerprint density at radius 3 is 2.44 bits per heavy atom. The minimum atomic E-state index is -1.13. The second-order valence-electron chi connectivity index (χ2n) is 7.41. The summed E-state index contributed by atoms with van der Waals surface area (Å²) in [6.07, 6.45) is 3.10. The summed E-state index contributed by atoms with van der Waals surface area (Å²) in [6.45, 7) is 4.22. The number of nitrogens with one attached hydrogen (secondary N) is 1. The van der Waals surface area contributed by atoms with E-state index < -0.39 is 18.1 Å². The lowest BCUT2D eigenvalue weighted by Crippen LogP contribution is -2.44. The first kappa shape index (κ1) is 25.9. The Labute approximate surface area is 187 Å². The Morgan fingerprint density at radius 1 is 1.12 bits per heavy atom. The highest BCUT2D eigenvalue weighted by molar-refractivity contribution is 5.95. The number of aromatic nitrogens is 1. The van der Waals surface area contributed by atoms with Gasteiger partial charge in [-0.25, -0.2) is 0 Å². The molecule has 1 aliphatic heterocycles. The molecule has 1 amide bonds. The van der Waals surface area contributed by atoms with E-state index >= 15 is 0 Å². The number of ether oxygens (including phenoxy) is 3. The zero-order valence-corrected chi connectivity index (χ0v) is 18.4. The van der Waals surface area contributed by atoms with Gasteiger partial charge in [-0.3, -0.25) is 14.4 Å². The topological polar surface area (TPSA) is 145 Å². The average Bonchev–Trinajstić information content (AvgIpc) is 2.79. The summed E-state index contributed by atoms with van der Waals surface area (Å²) >= 11 is 0. The maximum absolute atomic E-state index is 13.2. The van der Waals surface area contributed by atoms with Gasteiger partial charge in [-0.15, -0.1) is 0 Å². The number of nitrogens with two attached hydrogens (primary N) is 1. The monoisotopic (exact) mass is 454 g/mol. The minimum absolute atomic E-state index is 0.0744. The molecule has 1 aliphatic rings. The number of carbonyl (C=O) groups is 2. The number of pyridine rings is 1. The fourth-order valence-electron chi connectivity index (χ4n) is 3.38. The first-order valence-corrected chi connectivity index (χ1v) is 10.9. The smallest absolute Gasteiger partial charge is 0.323 e. The van der Waals surface area contributed by atoms with Gasteiger partial charge < -0.3 is 39.8 Å². The summed E-state index contributed by atoms with van der Waals surface area (Å²) in [6, 6.07) is 2.82. The molecule has 0 spiro atoms. The molecule has 1 fully saturated rings. The van der Waals surface area contributed by atoms with E-state index in [-0.39, 0.29) is 25.0 Å². The number of carboxylic acid groups (broad SMARTS) is 1. The van der Waals surface area contributed by atoms with Crippen LogP contribution in [0.5, 0.6) is 0 Å². The first-order chi connectivity index (χ1) is 15.5. The van der Waals surface area contributed by atoms with Crippen LogP contribution in [0.4, 0.5) is 5.69 Å². The van der Waals surface area contributed by atoms with Gasteiger partial charge in [-0.05, 0) is 25.5 Å². The molecule has 1 saturated heterocycles. The molecule has 0 aromatic carbocycles. The Morgan fingerprint density at radius 2 is 1.81 bits per heavy atom. The van der Waals surface area contributed by atoms with Crippen molar-refractivity contribution < 1.29 is 28.9 Å². The molecule has 11 heteroatoms. The lowest BCUT2D eigenvalue weighted by molar-refractivity contribution is -0.137. The van der Waals surface area contributed by atoms with Crippen LogP contribution in [0, 0.1) is 5.92 Å². The van der Waals surface area contributed by atoms with Gasteiger partial charge in [0.2, 0.25) is 5.91 Å². The lowest BCUT2D eigenvalue weighted by Gasteiger charge is -2.30. The van der Waals surface area contributed by atoms with Crippen LogP contribution in [0.15, 0.2) is 23.1 Å². The van der Waals surface area contributed by atoms with Crippen LogP contribution in [-0.2, 0) is 30.3 Å². The van der Waals surface area contributed by atoms with E-state index in [4.69, 9.17) is 25.1 Å². The maximum Gasteiger partial charge on any atom is 0.323 e. The van der Waals surface area contributed by atoms with Crippen molar-refractivity contribution in [3.63, 3.8) is 0 Å². The number of nitrogens with zero attached hydrogens (tertiary/aromatic N) is 2. The van der Waals surface area contributed by atoms with Gasteiger partial charge in [0.15, 0.2) is 0 Å². The van der Waals surface area contributed by atoms with E-state index in [1.165, 1.54) is 12.3 Å². The van der Waals surface area contributed by atoms with Crippen LogP contribution < -0.4 is 21.5 Å². The predicted molar refractivity (Wildman–Crippen MR) is 118 cm³/mol. The van der Waals surface area contributed by atoms with Gasteiger partial charge in [0.05, 0.1) is 51.2 Å². The third-order valence-electron chi connectivity index (χ3n) is 4.96. The zero-order valence-electron chi connectivity index (χ0n) is 18.4. The normalized spacial score (nSPS) is 16.1. The van der Waals surface area contributed by atoms with Crippen LogP contribution in [0.3, 0.4) is 0 Å². The van der Waals surface area contributed by atoms with E-state index in [1.807, 2.05) is 0 Å². The minimum Gasteiger partial charge on any atom is -0.480 e. The molecule has 1 aromatic heterocycles. The SMILES string of the molecule is NCCOCCOCCOCCN(C(=O)C1CCCNC1)c1ccc(=O)n(CC(=O)O)c1. The van der Waals surface area contributed by atoms with Crippen LogP contribution >= 0.6 is 0 Å². The summed E-state index contributed by atoms with van der Waals surface area (Å²) < 4.78 is 17.3. The van der Waals surface area contributed by atoms with Crippen LogP contribution in [-0.4, -0.2) is 87.4 Å². The molecule has 0 aliphatic carbocycles. The number of carboxylic acids is 1. The molecule has 0 bridgehead atoms. The number of anilines is 1. The van der Waals surface area contributed by atoms with Gasteiger partial charge in [0.25, 0.3) is 5.56 Å². The number of rotatable bonds is 15. The van der Waals surface area contributed by atoms with E-state index in [9.17, 15) is 14.4 Å². The molecule has 1 unspecified atom stereocenters. The van der Waals surface area contributed by atoms with Crippen molar-refractivity contribution in [1.29, 1.82) is 0 Å². The van der Waals surface area contributed by atoms with Gasteiger partial charge >= 0.3 is 5.97 Å². The Balaban J connectivity index is 1.93. The molecular weight excluding hydrogens is 420 g/mol. The third kappa shape index (κ3) is 9.05. The van der Waals surface area contributed by atoms with Crippen LogP contribution in [0.25, 0.3) is 0 Å². The average molecular weight is 455 g/mol. The van der Waals surface area contributed by atoms with Gasteiger partial charge in [-0.1, -0.05) is 0 Å². The highest BCUT2D eigenvalue weighted by Gasteiger charge is 2.27. The molecule has 1 atom stereocenters. The molecule has 0 radical (unpaired) electrons. The largest absolute Gasteiger partial charge is 0.480 e. The summed E-state index contributed by atoms with van der Waals surface area (Å²) in [5.74, 6) is -1.38. The van der Waals surface area contributed by atoms with E-state index in [1.54, 1.807) is 11.0 Å². The maximum atomic E-state index is 13.2. The highest BCUT2D eigenvalue weighted by atomic mass is 16.5. The predicted octanol–water partition coefficient (Wildman–Crippen LogP) is -0.726. The summed E-state index contributed by atoms with van der Waals surface area (Å²) in [7, 11) is 0. The summed E-state index contributed by atoms with van der Waals surface area (Å²) in [5, 5.41) is 12.3. The second-order valence-corrected chi connectivity index (χ2v) is 7.41. The van der Waals surface area contributed by atoms with Crippen molar-refractivity contribution in [3.8, 4) is 0 Å². The van der Waals surface area contributed by atoms with Gasteiger partial charge in [0, 0.05) is 31.9 Å². The first-order valence-electron chi connectivity index (χ1n) is 10.9. The molecule has 1 aromatic rings. The molecule has 2 heterocycles. The quantitative estimate of drug-likeness (QED) is 0.292. The molecule has 11 nitrogen and oxygen atoms in total. The van der Waals surface area contributed by atoms with E-state index in [2.05, 4.69) is 5.32 Å². The Hall–Kier alpha value is -2.31. The molecule has 180 valence electrons. The Kier molecular flexibility index (Phi) is 11.9. The van der Waals surface area contributed by atoms with Gasteiger partial charge in [0.1, 0.15) is 6.54 Å². The summed E-state index contributed by atoms with van der Waals surface area (Å²) in [4.78, 5) is 37.8. The van der Waals surface area contributed by atoms with E-state index in [0.29, 0.717) is 51.8 Å². The molecule has 0 saturated carbocycles. The van der Waals surface area contributed by atoms with Crippen molar-refractivity contribution in [2.45, 2.75) is 19.4 Å². The number of aliphatic carboxylic acids is 1. The van der Waals surface area contributed by atoms with Gasteiger partial charge in [-0.2, -0.15) is 0 Å². The fourth-order valence-corrected chi connectivity index (χ4v) is 3.38. The van der Waals surface area contributed by atoms with Crippen LogP contribution in [0.1, 0.15) is 12.8 Å². The van der Waals surface area contributed by atoms with Crippen molar-refractivity contribution in [3.05, 3.63) is 28.7 Å². The standard InChI is InChI=1S/C21H34N4O7/c22-5-8-30-10-12-32-13-11-31-9-7-25(21(29)17-2-1-6-23-14-17)18-3-4-19(26)24(15-18)16-20(27)28/h3-4,15,17,23H,1-2,5-14,16,22H2,(H,27,28). The van der Waals surface area contributed by atoms with Crippen molar-refractivity contribution in [2.75, 3.05) is 70.7 Å². The Bertz CT molecular complexity index is 765. The number of carbonyl (C=O) groups excluding carboxylic acids is 1. The zero-order chi connectivity index (χ0) is 23.2. The highest BCUT2D eigenvalue weighted by Crippen LogP contribution is 2.19. The van der Waals surface area contributed by atoms with Crippen molar-refractivity contribution in [2.24, 2.45) is 11.7 Å². The molecule has 4 N–H and O–H groups in total. The van der Waals surface area contributed by atoms with Crippen molar-refractivity contribution >= 4 is 17.6 Å². The molecular formula is C21H34N4O7. The van der Waals surface area contributed by atoms with E-state index in [0.717, 1.165) is 24.0 Å². The molecule has 2 rings (SSSR count). The van der Waals surface area contributed by atoms with Crippen LogP contribution in [0.2, 0.25) is 0 Å². The number of hydrogen-bond donors (Lipinski definition) is 3. The number of piperidine rings is 1. The lowest BCUT2D eigenvalue weighted by atomic mass is 9.98. The van der Waals surface area contributed by atoms with Crippen molar-refractivity contribution in [1.82, 2.24) is 9.88 Å². The fraction of sp³-hybridized carbons (Fsp3) is 0.667.